The van der Waals surface area contributed by atoms with Crippen LogP contribution in [0.2, 0.25) is 0 Å². The molecule has 0 spiro atoms. The molecule has 0 bridgehead atoms. The molecule has 0 saturated carbocycles. The minimum absolute atomic E-state index is 0.822. The lowest BCUT2D eigenvalue weighted by atomic mass is 10.1. The molecule has 0 nitrogen and oxygen atoms in total. The molecule has 0 aliphatic rings. The van der Waals surface area contributed by atoms with Gasteiger partial charge < -0.3 is 0 Å². The highest BCUT2D eigenvalue weighted by molar-refractivity contribution is 8.04. The molecule has 0 N–H and O–H groups in total. The van der Waals surface area contributed by atoms with Crippen LogP contribution in [0, 0.1) is 0 Å². The van der Waals surface area contributed by atoms with Crippen molar-refractivity contribution in [1.29, 1.82) is 0 Å². The lowest BCUT2D eigenvalue weighted by molar-refractivity contribution is 1.47. The summed E-state index contributed by atoms with van der Waals surface area (Å²) < 4.78 is 0.822. The second kappa shape index (κ2) is 5.95. The second-order valence-corrected chi connectivity index (χ2v) is 5.37. The van der Waals surface area contributed by atoms with Crippen LogP contribution in [0.3, 0.4) is 0 Å². The van der Waals surface area contributed by atoms with E-state index in [1.54, 1.807) is 11.8 Å². The van der Waals surface area contributed by atoms with Crippen LogP contribution in [-0.4, -0.2) is 0 Å². The highest BCUT2D eigenvalue weighted by Gasteiger charge is 2.03. The summed E-state index contributed by atoms with van der Waals surface area (Å²) in [5, 5.41) is 0. The zero-order chi connectivity index (χ0) is 12.1. The highest BCUT2D eigenvalue weighted by Crippen LogP contribution is 2.35. The molecule has 0 atom stereocenters. The quantitative estimate of drug-likeness (QED) is 0.665. The topological polar surface area (TPSA) is 0 Å². The summed E-state index contributed by atoms with van der Waals surface area (Å²) in [6.07, 6.45) is 0. The Hall–Kier alpha value is -1.18. The number of rotatable bonds is 3. The minimum atomic E-state index is 0.822. The summed E-state index contributed by atoms with van der Waals surface area (Å²) in [4.78, 5) is 1.16. The van der Waals surface area contributed by atoms with E-state index in [0.29, 0.717) is 0 Å². The average Bonchev–Trinajstić information content (AvgIpc) is 2.40. The molecule has 17 heavy (non-hydrogen) atoms. The normalized spacial score (nSPS) is 12.1. The van der Waals surface area contributed by atoms with Crippen molar-refractivity contribution in [2.75, 3.05) is 0 Å². The Morgan fingerprint density at radius 1 is 0.882 bits per heavy atom. The molecule has 2 rings (SSSR count). The third kappa shape index (κ3) is 3.39. The van der Waals surface area contributed by atoms with Crippen molar-refractivity contribution in [2.45, 2.75) is 11.8 Å². The van der Waals surface area contributed by atoms with Gasteiger partial charge in [0.05, 0.1) is 4.36 Å². The van der Waals surface area contributed by atoms with Gasteiger partial charge in [0.25, 0.3) is 0 Å². The van der Waals surface area contributed by atoms with E-state index in [9.17, 15) is 0 Å². The van der Waals surface area contributed by atoms with Crippen molar-refractivity contribution >= 4 is 28.9 Å². The van der Waals surface area contributed by atoms with Gasteiger partial charge in [0.1, 0.15) is 0 Å². The smallest absolute Gasteiger partial charge is 0.0774 e. The van der Waals surface area contributed by atoms with E-state index in [4.69, 9.17) is 11.6 Å². The molecule has 0 aromatic heterocycles. The van der Waals surface area contributed by atoms with Crippen LogP contribution in [0.5, 0.6) is 0 Å². The number of halogens is 1. The van der Waals surface area contributed by atoms with E-state index in [1.807, 2.05) is 43.3 Å². The fourth-order valence-electron chi connectivity index (χ4n) is 1.47. The summed E-state index contributed by atoms with van der Waals surface area (Å²) >= 11 is 7.93. The van der Waals surface area contributed by atoms with Gasteiger partial charge in [-0.25, -0.2) is 0 Å². The third-order valence-corrected chi connectivity index (χ3v) is 3.96. The largest absolute Gasteiger partial charge is 0.0817 e. The van der Waals surface area contributed by atoms with Gasteiger partial charge >= 0.3 is 0 Å². The molecule has 0 saturated heterocycles. The highest BCUT2D eigenvalue weighted by atomic mass is 35.5. The lowest BCUT2D eigenvalue weighted by Gasteiger charge is -2.05. The monoisotopic (exact) mass is 260 g/mol. The standard InChI is InChI=1S/C15H13ClS/c1-12(13-8-4-2-5-9-13)15(16)17-14-10-6-3-7-11-14/h2-11H,1H3/b15-12+. The van der Waals surface area contributed by atoms with Crippen LogP contribution in [0.15, 0.2) is 69.9 Å². The molecule has 2 aromatic carbocycles. The summed E-state index contributed by atoms with van der Waals surface area (Å²) in [5.41, 5.74) is 2.28. The SMILES string of the molecule is C/C(=C(/Cl)Sc1ccccc1)c1ccccc1. The van der Waals surface area contributed by atoms with Gasteiger partial charge in [-0.05, 0) is 30.2 Å². The summed E-state index contributed by atoms with van der Waals surface area (Å²) in [7, 11) is 0. The second-order valence-electron chi connectivity index (χ2n) is 3.68. The first kappa shape index (κ1) is 12.3. The molecule has 0 fully saturated rings. The van der Waals surface area contributed by atoms with Crippen LogP contribution in [0.25, 0.3) is 5.57 Å². The van der Waals surface area contributed by atoms with Gasteiger partial charge in [-0.3, -0.25) is 0 Å². The number of thioether (sulfide) groups is 1. The molecule has 0 unspecified atom stereocenters. The number of allylic oxidation sites excluding steroid dienone is 1. The molecule has 0 heterocycles. The van der Waals surface area contributed by atoms with Gasteiger partial charge in [0.2, 0.25) is 0 Å². The Labute approximate surface area is 111 Å². The minimum Gasteiger partial charge on any atom is -0.0774 e. The molecule has 86 valence electrons. The predicted molar refractivity (Wildman–Crippen MR) is 77.2 cm³/mol. The molecule has 0 aliphatic carbocycles. The lowest BCUT2D eigenvalue weighted by Crippen LogP contribution is -1.80. The predicted octanol–water partition coefficient (Wildman–Crippen LogP) is 5.41. The van der Waals surface area contributed by atoms with Crippen LogP contribution >= 0.6 is 23.4 Å². The Morgan fingerprint density at radius 2 is 1.41 bits per heavy atom. The zero-order valence-electron chi connectivity index (χ0n) is 9.56. The first-order valence-corrected chi connectivity index (χ1v) is 6.61. The van der Waals surface area contributed by atoms with E-state index in [2.05, 4.69) is 24.3 Å². The van der Waals surface area contributed by atoms with Gasteiger partial charge in [-0.15, -0.1) is 0 Å². The molecule has 0 aliphatic heterocycles. The van der Waals surface area contributed by atoms with Crippen molar-refractivity contribution in [2.24, 2.45) is 0 Å². The Morgan fingerprint density at radius 3 is 2.00 bits per heavy atom. The van der Waals surface area contributed by atoms with Crippen LogP contribution in [0.4, 0.5) is 0 Å². The van der Waals surface area contributed by atoms with E-state index < -0.39 is 0 Å². The third-order valence-electron chi connectivity index (χ3n) is 2.45. The van der Waals surface area contributed by atoms with E-state index in [-0.39, 0.29) is 0 Å². The molecule has 2 heteroatoms. The molecular weight excluding hydrogens is 248 g/mol. The van der Waals surface area contributed by atoms with Crippen LogP contribution in [0.1, 0.15) is 12.5 Å². The number of hydrogen-bond donors (Lipinski definition) is 0. The Balaban J connectivity index is 2.22. The molecule has 0 radical (unpaired) electrons. The van der Waals surface area contributed by atoms with E-state index in [1.165, 1.54) is 5.56 Å². The number of benzene rings is 2. The molecule has 0 amide bonds. The maximum absolute atomic E-state index is 6.34. The Kier molecular flexibility index (Phi) is 4.29. The Bertz CT molecular complexity index is 503. The van der Waals surface area contributed by atoms with Gasteiger partial charge in [-0.1, -0.05) is 71.9 Å². The van der Waals surface area contributed by atoms with Gasteiger partial charge in [-0.2, -0.15) is 0 Å². The van der Waals surface area contributed by atoms with E-state index >= 15 is 0 Å². The first-order valence-electron chi connectivity index (χ1n) is 5.42. The maximum Gasteiger partial charge on any atom is 0.0817 e. The summed E-state index contributed by atoms with van der Waals surface area (Å²) in [5.74, 6) is 0. The fourth-order valence-corrected chi connectivity index (χ4v) is 2.62. The van der Waals surface area contributed by atoms with Crippen LogP contribution in [-0.2, 0) is 0 Å². The van der Waals surface area contributed by atoms with Crippen molar-refractivity contribution in [3.8, 4) is 0 Å². The number of hydrogen-bond acceptors (Lipinski definition) is 1. The summed E-state index contributed by atoms with van der Waals surface area (Å²) in [6, 6.07) is 20.4. The van der Waals surface area contributed by atoms with Crippen molar-refractivity contribution in [3.63, 3.8) is 0 Å². The fraction of sp³-hybridized carbons (Fsp3) is 0.0667. The van der Waals surface area contributed by atoms with Gasteiger partial charge in [0.15, 0.2) is 0 Å². The summed E-state index contributed by atoms with van der Waals surface area (Å²) in [6.45, 7) is 2.05. The van der Waals surface area contributed by atoms with E-state index in [0.717, 1.165) is 14.8 Å². The van der Waals surface area contributed by atoms with Crippen LogP contribution < -0.4 is 0 Å². The van der Waals surface area contributed by atoms with Crippen molar-refractivity contribution in [1.82, 2.24) is 0 Å². The average molecular weight is 261 g/mol. The maximum atomic E-state index is 6.34. The van der Waals surface area contributed by atoms with Gasteiger partial charge in [0, 0.05) is 4.90 Å². The zero-order valence-corrected chi connectivity index (χ0v) is 11.1. The molecule has 2 aromatic rings. The van der Waals surface area contributed by atoms with Crippen molar-refractivity contribution < 1.29 is 0 Å². The first-order chi connectivity index (χ1) is 8.27. The van der Waals surface area contributed by atoms with Crippen molar-refractivity contribution in [3.05, 3.63) is 70.6 Å². The molecular formula is C15H13ClS.